The lowest BCUT2D eigenvalue weighted by Gasteiger charge is -2.37. The van der Waals surface area contributed by atoms with Crippen LogP contribution in [0, 0.1) is 0 Å². The molecule has 6 nitrogen and oxygen atoms in total. The minimum Gasteiger partial charge on any atom is -0.490 e. The Morgan fingerprint density at radius 1 is 1.03 bits per heavy atom. The Hall–Kier alpha value is -2.64. The molecule has 154 valence electrons. The molecule has 1 aliphatic rings. The molecule has 29 heavy (non-hydrogen) atoms. The zero-order valence-corrected chi connectivity index (χ0v) is 17.7. The first kappa shape index (κ1) is 22.6. The summed E-state index contributed by atoms with van der Waals surface area (Å²) in [4.78, 5) is 21.5. The average Bonchev–Trinajstić information content (AvgIpc) is 2.70. The molecule has 2 aromatic rings. The van der Waals surface area contributed by atoms with E-state index < -0.39 is 11.9 Å². The van der Waals surface area contributed by atoms with Gasteiger partial charge in [0.1, 0.15) is 11.9 Å². The zero-order chi connectivity index (χ0) is 21.2. The molecule has 1 saturated heterocycles. The van der Waals surface area contributed by atoms with Crippen molar-refractivity contribution >= 4 is 27.9 Å². The van der Waals surface area contributed by atoms with Crippen LogP contribution in [0.15, 0.2) is 71.2 Å². The summed E-state index contributed by atoms with van der Waals surface area (Å²) < 4.78 is 7.36. The number of piperidine rings is 1. The van der Waals surface area contributed by atoms with Crippen molar-refractivity contribution < 1.29 is 24.5 Å². The Morgan fingerprint density at radius 3 is 2.17 bits per heavy atom. The van der Waals surface area contributed by atoms with Crippen molar-refractivity contribution in [3.05, 3.63) is 76.8 Å². The highest BCUT2D eigenvalue weighted by Gasteiger charge is 2.30. The van der Waals surface area contributed by atoms with Gasteiger partial charge in [-0.25, -0.2) is 9.59 Å². The molecular weight excluding hydrogens is 438 g/mol. The van der Waals surface area contributed by atoms with Gasteiger partial charge in [-0.1, -0.05) is 46.3 Å². The summed E-state index contributed by atoms with van der Waals surface area (Å²) in [6.45, 7) is 2.13. The van der Waals surface area contributed by atoms with Gasteiger partial charge in [0, 0.05) is 35.6 Å². The van der Waals surface area contributed by atoms with Crippen LogP contribution in [0.3, 0.4) is 0 Å². The fourth-order valence-electron chi connectivity index (χ4n) is 3.09. The number of carboxylic acid groups (broad SMARTS) is 2. The van der Waals surface area contributed by atoms with Crippen molar-refractivity contribution in [3.8, 4) is 5.75 Å². The van der Waals surface area contributed by atoms with Crippen LogP contribution >= 0.6 is 15.9 Å². The van der Waals surface area contributed by atoms with Gasteiger partial charge >= 0.3 is 11.9 Å². The van der Waals surface area contributed by atoms with Crippen LogP contribution in [-0.2, 0) is 9.59 Å². The number of aliphatic carboxylic acids is 2. The molecule has 3 rings (SSSR count). The van der Waals surface area contributed by atoms with Gasteiger partial charge in [-0.15, -0.1) is 0 Å². The van der Waals surface area contributed by atoms with E-state index in [1.807, 2.05) is 24.3 Å². The van der Waals surface area contributed by atoms with E-state index in [-0.39, 0.29) is 6.10 Å². The van der Waals surface area contributed by atoms with Crippen molar-refractivity contribution in [2.24, 2.45) is 0 Å². The summed E-state index contributed by atoms with van der Waals surface area (Å²) in [5.74, 6) is -1.14. The van der Waals surface area contributed by atoms with Gasteiger partial charge in [-0.2, -0.15) is 0 Å². The first-order chi connectivity index (χ1) is 13.8. The first-order valence-corrected chi connectivity index (χ1v) is 9.94. The van der Waals surface area contributed by atoms with E-state index in [1.54, 1.807) is 0 Å². The summed E-state index contributed by atoms with van der Waals surface area (Å²) in [5.41, 5.74) is 1.37. The van der Waals surface area contributed by atoms with Crippen LogP contribution in [0.4, 0.5) is 0 Å². The molecule has 0 spiro atoms. The fourth-order valence-corrected chi connectivity index (χ4v) is 3.35. The number of nitrogens with zero attached hydrogens (tertiary/aromatic N) is 1. The zero-order valence-electron chi connectivity index (χ0n) is 16.1. The molecule has 0 aliphatic carbocycles. The maximum atomic E-state index is 9.55. The highest BCUT2D eigenvalue weighted by Crippen LogP contribution is 2.30. The first-order valence-electron chi connectivity index (χ1n) is 9.15. The maximum Gasteiger partial charge on any atom is 0.328 e. The third-order valence-corrected chi connectivity index (χ3v) is 4.98. The largest absolute Gasteiger partial charge is 0.490 e. The highest BCUT2D eigenvalue weighted by molar-refractivity contribution is 9.10. The molecule has 0 radical (unpaired) electrons. The van der Waals surface area contributed by atoms with Crippen molar-refractivity contribution in [1.29, 1.82) is 0 Å². The minimum absolute atomic E-state index is 0.241. The Bertz CT molecular complexity index is 807. The fraction of sp³-hybridized carbons (Fsp3) is 0.273. The number of hydrogen-bond donors (Lipinski definition) is 2. The summed E-state index contributed by atoms with van der Waals surface area (Å²) in [7, 11) is 2.19. The number of carbonyl (C=O) groups is 2. The number of likely N-dealkylation sites (tertiary alicyclic amines) is 1. The smallest absolute Gasteiger partial charge is 0.328 e. The van der Waals surface area contributed by atoms with E-state index in [0.29, 0.717) is 18.1 Å². The van der Waals surface area contributed by atoms with Gasteiger partial charge in [0.05, 0.1) is 0 Å². The highest BCUT2D eigenvalue weighted by atomic mass is 79.9. The molecule has 2 aromatic carbocycles. The SMILES string of the molecule is CN1CC[C@@H](Oc2ccc(Br)cc2)[C@@H](c2ccccc2)C1.O=C(O)/C=C/C(=O)O. The quantitative estimate of drug-likeness (QED) is 0.653. The molecule has 1 fully saturated rings. The maximum absolute atomic E-state index is 9.55. The molecule has 1 heterocycles. The average molecular weight is 462 g/mol. The second-order valence-electron chi connectivity index (χ2n) is 6.69. The normalized spacial score (nSPS) is 19.2. The molecule has 2 atom stereocenters. The summed E-state index contributed by atoms with van der Waals surface area (Å²) in [6, 6.07) is 18.8. The molecule has 1 aliphatic heterocycles. The van der Waals surface area contributed by atoms with Crippen LogP contribution in [-0.4, -0.2) is 53.3 Å². The number of likely N-dealkylation sites (N-methyl/N-ethyl adjacent to an activating group) is 1. The number of benzene rings is 2. The Kier molecular flexibility index (Phi) is 8.89. The summed E-state index contributed by atoms with van der Waals surface area (Å²) in [5, 5.41) is 15.6. The lowest BCUT2D eigenvalue weighted by atomic mass is 9.88. The van der Waals surface area contributed by atoms with Gasteiger partial charge in [-0.05, 0) is 43.3 Å². The predicted molar refractivity (Wildman–Crippen MR) is 114 cm³/mol. The second-order valence-corrected chi connectivity index (χ2v) is 7.60. The number of rotatable bonds is 5. The molecule has 0 saturated carbocycles. The van der Waals surface area contributed by atoms with Gasteiger partial charge in [-0.3, -0.25) is 0 Å². The van der Waals surface area contributed by atoms with Crippen LogP contribution in [0.2, 0.25) is 0 Å². The predicted octanol–water partition coefficient (Wildman–Crippen LogP) is 4.03. The Balaban J connectivity index is 0.000000321. The van der Waals surface area contributed by atoms with E-state index in [1.165, 1.54) is 5.56 Å². The van der Waals surface area contributed by atoms with Crippen LogP contribution in [0.5, 0.6) is 5.75 Å². The summed E-state index contributed by atoms with van der Waals surface area (Å²) >= 11 is 3.46. The second kappa shape index (κ2) is 11.4. The van der Waals surface area contributed by atoms with Crippen LogP contribution < -0.4 is 4.74 Å². The topological polar surface area (TPSA) is 87.1 Å². The molecular formula is C22H24BrNO5. The molecule has 7 heteroatoms. The molecule has 0 aromatic heterocycles. The van der Waals surface area contributed by atoms with Gasteiger partial charge in [0.2, 0.25) is 0 Å². The number of ether oxygens (including phenoxy) is 1. The number of halogens is 1. The van der Waals surface area contributed by atoms with Gasteiger partial charge < -0.3 is 19.8 Å². The lowest BCUT2D eigenvalue weighted by Crippen LogP contribution is -2.42. The molecule has 2 N–H and O–H groups in total. The van der Waals surface area contributed by atoms with E-state index in [2.05, 4.69) is 58.2 Å². The third kappa shape index (κ3) is 8.09. The van der Waals surface area contributed by atoms with Crippen LogP contribution in [0.1, 0.15) is 17.9 Å². The van der Waals surface area contributed by atoms with Crippen molar-refractivity contribution in [2.75, 3.05) is 20.1 Å². The minimum atomic E-state index is -1.26. The van der Waals surface area contributed by atoms with Crippen LogP contribution in [0.25, 0.3) is 0 Å². The van der Waals surface area contributed by atoms with E-state index >= 15 is 0 Å². The van der Waals surface area contributed by atoms with Crippen molar-refractivity contribution in [3.63, 3.8) is 0 Å². The molecule has 0 unspecified atom stereocenters. The third-order valence-electron chi connectivity index (χ3n) is 4.45. The standard InChI is InChI=1S/C18H20BrNO.C4H4O4/c1-20-12-11-18(21-16-9-7-15(19)8-10-16)17(13-20)14-5-3-2-4-6-14;5-3(6)1-2-4(7)8/h2-10,17-18H,11-13H2,1H3;1-2H,(H,5,6)(H,7,8)/b;2-1+/t17-,18-;/m1./s1. The number of carboxylic acids is 2. The molecule has 0 amide bonds. The van der Waals surface area contributed by atoms with E-state index in [0.717, 1.165) is 29.7 Å². The van der Waals surface area contributed by atoms with E-state index in [4.69, 9.17) is 14.9 Å². The summed E-state index contributed by atoms with van der Waals surface area (Å²) in [6.07, 6.45) is 2.42. The van der Waals surface area contributed by atoms with E-state index in [9.17, 15) is 9.59 Å². The Labute approximate surface area is 178 Å². The Morgan fingerprint density at radius 2 is 1.62 bits per heavy atom. The molecule has 0 bridgehead atoms. The van der Waals surface area contributed by atoms with Crippen molar-refractivity contribution in [1.82, 2.24) is 4.90 Å². The lowest BCUT2D eigenvalue weighted by molar-refractivity contribution is -0.134. The monoisotopic (exact) mass is 461 g/mol. The van der Waals surface area contributed by atoms with Gasteiger partial charge in [0.25, 0.3) is 0 Å². The van der Waals surface area contributed by atoms with Crippen molar-refractivity contribution in [2.45, 2.75) is 18.4 Å². The number of hydrogen-bond acceptors (Lipinski definition) is 4. The van der Waals surface area contributed by atoms with Gasteiger partial charge in [0.15, 0.2) is 0 Å².